The first kappa shape index (κ1) is 19.4. The zero-order chi connectivity index (χ0) is 15.1. The van der Waals surface area contributed by atoms with Crippen LogP contribution in [0.1, 0.15) is 90.9 Å². The molecule has 0 spiro atoms. The number of nitrogens with one attached hydrogen (secondary N) is 1. The molecule has 0 rings (SSSR count). The van der Waals surface area contributed by atoms with Gasteiger partial charge in [0.15, 0.2) is 0 Å². The maximum atomic E-state index is 9.53. The lowest BCUT2D eigenvalue weighted by molar-refractivity contribution is 0.172. The SMILES string of the molecule is CCCCCCCCCCCCOC(=N)C(O)CCC. The molecule has 0 saturated heterocycles. The maximum absolute atomic E-state index is 9.53. The van der Waals surface area contributed by atoms with Crippen LogP contribution in [-0.4, -0.2) is 23.7 Å². The highest BCUT2D eigenvalue weighted by molar-refractivity contribution is 5.77. The number of rotatable bonds is 14. The molecule has 20 heavy (non-hydrogen) atoms. The highest BCUT2D eigenvalue weighted by atomic mass is 16.5. The number of hydrogen-bond donors (Lipinski definition) is 2. The van der Waals surface area contributed by atoms with Crippen molar-refractivity contribution in [2.45, 2.75) is 97.0 Å². The lowest BCUT2D eigenvalue weighted by atomic mass is 10.1. The monoisotopic (exact) mass is 285 g/mol. The van der Waals surface area contributed by atoms with E-state index in [4.69, 9.17) is 10.1 Å². The Morgan fingerprint density at radius 1 is 0.850 bits per heavy atom. The summed E-state index contributed by atoms with van der Waals surface area (Å²) in [6.45, 7) is 4.83. The minimum Gasteiger partial charge on any atom is -0.479 e. The van der Waals surface area contributed by atoms with E-state index < -0.39 is 6.10 Å². The van der Waals surface area contributed by atoms with Crippen molar-refractivity contribution in [3.63, 3.8) is 0 Å². The van der Waals surface area contributed by atoms with Gasteiger partial charge in [-0.25, -0.2) is 0 Å². The lowest BCUT2D eigenvalue weighted by Gasteiger charge is -2.12. The van der Waals surface area contributed by atoms with Gasteiger partial charge < -0.3 is 9.84 Å². The van der Waals surface area contributed by atoms with Gasteiger partial charge in [-0.05, 0) is 12.8 Å². The minimum absolute atomic E-state index is 0.0442. The van der Waals surface area contributed by atoms with Crippen molar-refractivity contribution in [3.05, 3.63) is 0 Å². The van der Waals surface area contributed by atoms with Gasteiger partial charge in [-0.1, -0.05) is 78.1 Å². The Labute approximate surface area is 125 Å². The summed E-state index contributed by atoms with van der Waals surface area (Å²) in [7, 11) is 0. The molecule has 0 amide bonds. The first-order chi connectivity index (χ1) is 9.72. The van der Waals surface area contributed by atoms with E-state index in [-0.39, 0.29) is 5.90 Å². The van der Waals surface area contributed by atoms with Gasteiger partial charge in [-0.3, -0.25) is 5.41 Å². The van der Waals surface area contributed by atoms with Crippen molar-refractivity contribution in [3.8, 4) is 0 Å². The average molecular weight is 285 g/mol. The molecule has 0 aliphatic rings. The number of aliphatic hydroxyl groups excluding tert-OH is 1. The topological polar surface area (TPSA) is 53.3 Å². The molecular weight excluding hydrogens is 250 g/mol. The predicted molar refractivity (Wildman–Crippen MR) is 86.4 cm³/mol. The van der Waals surface area contributed by atoms with Crippen molar-refractivity contribution in [2.75, 3.05) is 6.61 Å². The molecule has 0 aromatic carbocycles. The summed E-state index contributed by atoms with van der Waals surface area (Å²) in [5.41, 5.74) is 0. The van der Waals surface area contributed by atoms with E-state index in [0.29, 0.717) is 13.0 Å². The van der Waals surface area contributed by atoms with E-state index in [0.717, 1.165) is 12.8 Å². The van der Waals surface area contributed by atoms with Crippen LogP contribution >= 0.6 is 0 Å². The van der Waals surface area contributed by atoms with E-state index in [1.807, 2.05) is 6.92 Å². The Morgan fingerprint density at radius 2 is 1.35 bits per heavy atom. The molecule has 0 radical (unpaired) electrons. The highest BCUT2D eigenvalue weighted by Crippen LogP contribution is 2.10. The van der Waals surface area contributed by atoms with E-state index in [1.165, 1.54) is 57.8 Å². The molecule has 0 aliphatic carbocycles. The van der Waals surface area contributed by atoms with Crippen LogP contribution < -0.4 is 0 Å². The molecule has 0 aromatic heterocycles. The number of ether oxygens (including phenoxy) is 1. The Morgan fingerprint density at radius 3 is 1.85 bits per heavy atom. The molecule has 1 atom stereocenters. The summed E-state index contributed by atoms with van der Waals surface area (Å²) >= 11 is 0. The second-order valence-electron chi connectivity index (χ2n) is 5.70. The second-order valence-corrected chi connectivity index (χ2v) is 5.70. The van der Waals surface area contributed by atoms with Gasteiger partial charge in [0.05, 0.1) is 6.61 Å². The fourth-order valence-electron chi connectivity index (χ4n) is 2.27. The van der Waals surface area contributed by atoms with E-state index >= 15 is 0 Å². The van der Waals surface area contributed by atoms with Gasteiger partial charge in [-0.15, -0.1) is 0 Å². The van der Waals surface area contributed by atoms with E-state index in [9.17, 15) is 5.11 Å². The summed E-state index contributed by atoms with van der Waals surface area (Å²) in [6.07, 6.45) is 13.8. The molecule has 120 valence electrons. The highest BCUT2D eigenvalue weighted by Gasteiger charge is 2.10. The molecule has 0 aromatic rings. The van der Waals surface area contributed by atoms with Gasteiger partial charge in [0.2, 0.25) is 5.90 Å². The normalized spacial score (nSPS) is 12.3. The fraction of sp³-hybridized carbons (Fsp3) is 0.941. The average Bonchev–Trinajstić information content (AvgIpc) is 2.44. The molecule has 0 aliphatic heterocycles. The van der Waals surface area contributed by atoms with Crippen molar-refractivity contribution in [2.24, 2.45) is 0 Å². The van der Waals surface area contributed by atoms with Crippen LogP contribution in [0.15, 0.2) is 0 Å². The molecule has 0 saturated carbocycles. The first-order valence-corrected chi connectivity index (χ1v) is 8.61. The predicted octanol–water partition coefficient (Wildman–Crippen LogP) is 5.06. The third-order valence-corrected chi connectivity index (χ3v) is 3.62. The van der Waals surface area contributed by atoms with Crippen molar-refractivity contribution in [1.29, 1.82) is 5.41 Å². The summed E-state index contributed by atoms with van der Waals surface area (Å²) in [5, 5.41) is 17.1. The Bertz CT molecular complexity index is 219. The Kier molecular flexibility index (Phi) is 14.4. The van der Waals surface area contributed by atoms with Crippen LogP contribution in [0.25, 0.3) is 0 Å². The first-order valence-electron chi connectivity index (χ1n) is 8.61. The van der Waals surface area contributed by atoms with Crippen LogP contribution in [0.5, 0.6) is 0 Å². The quantitative estimate of drug-likeness (QED) is 0.266. The van der Waals surface area contributed by atoms with Crippen LogP contribution in [0.3, 0.4) is 0 Å². The summed E-state index contributed by atoms with van der Waals surface area (Å²) in [5.74, 6) is 0.0442. The second kappa shape index (κ2) is 14.8. The van der Waals surface area contributed by atoms with Crippen molar-refractivity contribution >= 4 is 5.90 Å². The van der Waals surface area contributed by atoms with E-state index in [2.05, 4.69) is 6.92 Å². The summed E-state index contributed by atoms with van der Waals surface area (Å²) in [4.78, 5) is 0. The third kappa shape index (κ3) is 12.5. The third-order valence-electron chi connectivity index (χ3n) is 3.62. The van der Waals surface area contributed by atoms with Gasteiger partial charge in [-0.2, -0.15) is 0 Å². The van der Waals surface area contributed by atoms with Gasteiger partial charge in [0.25, 0.3) is 0 Å². The van der Waals surface area contributed by atoms with Gasteiger partial charge in [0.1, 0.15) is 6.10 Å². The maximum Gasteiger partial charge on any atom is 0.210 e. The van der Waals surface area contributed by atoms with Crippen LogP contribution in [0, 0.1) is 5.41 Å². The van der Waals surface area contributed by atoms with Crippen LogP contribution in [0.4, 0.5) is 0 Å². The standard InChI is InChI=1S/C17H35NO2/c1-3-5-6-7-8-9-10-11-12-13-15-20-17(18)16(19)14-4-2/h16,18-19H,3-15H2,1-2H3. The van der Waals surface area contributed by atoms with Gasteiger partial charge in [0, 0.05) is 0 Å². The van der Waals surface area contributed by atoms with Crippen molar-refractivity contribution < 1.29 is 9.84 Å². The van der Waals surface area contributed by atoms with Crippen LogP contribution in [0.2, 0.25) is 0 Å². The Hall–Kier alpha value is -0.570. The Balaban J connectivity index is 3.18. The minimum atomic E-state index is -0.705. The van der Waals surface area contributed by atoms with Crippen molar-refractivity contribution in [1.82, 2.24) is 0 Å². The van der Waals surface area contributed by atoms with Crippen LogP contribution in [-0.2, 0) is 4.74 Å². The molecule has 0 bridgehead atoms. The molecule has 3 nitrogen and oxygen atoms in total. The summed E-state index contributed by atoms with van der Waals surface area (Å²) in [6, 6.07) is 0. The summed E-state index contributed by atoms with van der Waals surface area (Å²) < 4.78 is 5.26. The zero-order valence-electron chi connectivity index (χ0n) is 13.6. The zero-order valence-corrected chi connectivity index (χ0v) is 13.6. The smallest absolute Gasteiger partial charge is 0.210 e. The van der Waals surface area contributed by atoms with Gasteiger partial charge >= 0.3 is 0 Å². The molecule has 0 heterocycles. The molecular formula is C17H35NO2. The molecule has 1 unspecified atom stereocenters. The number of hydrogen-bond acceptors (Lipinski definition) is 3. The molecule has 0 fully saturated rings. The number of aliphatic hydroxyl groups is 1. The fourth-order valence-corrected chi connectivity index (χ4v) is 2.27. The largest absolute Gasteiger partial charge is 0.479 e. The lowest BCUT2D eigenvalue weighted by Crippen LogP contribution is -2.22. The molecule has 2 N–H and O–H groups in total. The van der Waals surface area contributed by atoms with E-state index in [1.54, 1.807) is 0 Å². The molecule has 3 heteroatoms. The number of unbranched alkanes of at least 4 members (excludes halogenated alkanes) is 9.